The Morgan fingerprint density at radius 2 is 1.95 bits per heavy atom. The monoisotopic (exact) mass is 522 g/mol. The van der Waals surface area contributed by atoms with Crippen LogP contribution in [0.4, 0.5) is 13.2 Å². The van der Waals surface area contributed by atoms with E-state index in [1.807, 2.05) is 22.5 Å². The molecule has 2 saturated heterocycles. The van der Waals surface area contributed by atoms with E-state index in [0.29, 0.717) is 18.6 Å². The topological polar surface area (TPSA) is 69.8 Å². The van der Waals surface area contributed by atoms with Crippen molar-refractivity contribution < 1.29 is 27.4 Å². The molecular weight excluding hydrogens is 485 g/mol. The van der Waals surface area contributed by atoms with Crippen molar-refractivity contribution in [3.8, 4) is 5.75 Å². The van der Waals surface area contributed by atoms with E-state index in [0.717, 1.165) is 56.5 Å². The zero-order valence-electron chi connectivity index (χ0n) is 22.0. The number of benzene rings is 1. The molecule has 2 aromatic rings. The molecule has 1 aromatic heterocycles. The molecule has 37 heavy (non-hydrogen) atoms. The van der Waals surface area contributed by atoms with E-state index in [1.165, 1.54) is 6.07 Å². The van der Waals surface area contributed by atoms with Crippen molar-refractivity contribution in [1.29, 1.82) is 0 Å². The molecule has 2 aliphatic rings. The van der Waals surface area contributed by atoms with Gasteiger partial charge in [0.15, 0.2) is 5.49 Å². The zero-order valence-corrected chi connectivity index (χ0v) is 22.0. The maximum Gasteiger partial charge on any atom is 0.416 e. The summed E-state index contributed by atoms with van der Waals surface area (Å²) < 4.78 is 56.1. The Morgan fingerprint density at radius 1 is 1.16 bits per heavy atom. The maximum atomic E-state index is 13.5. The second kappa shape index (κ2) is 11.0. The number of alkyl halides is 3. The lowest BCUT2D eigenvalue weighted by Gasteiger charge is -2.24. The van der Waals surface area contributed by atoms with Crippen LogP contribution in [0.5, 0.6) is 5.75 Å². The van der Waals surface area contributed by atoms with Crippen LogP contribution < -0.4 is 15.5 Å². The Kier molecular flexibility index (Phi) is 8.18. The van der Waals surface area contributed by atoms with Crippen LogP contribution in [0.2, 0.25) is 0 Å². The van der Waals surface area contributed by atoms with Gasteiger partial charge in [-0.1, -0.05) is 27.2 Å². The molecule has 0 spiro atoms. The molecule has 1 amide bonds. The quantitative estimate of drug-likeness (QED) is 0.603. The van der Waals surface area contributed by atoms with Crippen molar-refractivity contribution in [2.45, 2.75) is 83.2 Å². The lowest BCUT2D eigenvalue weighted by Crippen LogP contribution is -2.38. The number of carbonyl (C=O) groups is 1. The van der Waals surface area contributed by atoms with Gasteiger partial charge in [-0.3, -0.25) is 14.2 Å². The van der Waals surface area contributed by atoms with Crippen LogP contribution in [-0.4, -0.2) is 47.2 Å². The number of ether oxygens (including phenoxy) is 2. The highest BCUT2D eigenvalue weighted by atomic mass is 19.4. The minimum absolute atomic E-state index is 0.00841. The first-order chi connectivity index (χ1) is 17.4. The van der Waals surface area contributed by atoms with Crippen molar-refractivity contribution in [3.63, 3.8) is 0 Å². The van der Waals surface area contributed by atoms with E-state index in [-0.39, 0.29) is 35.5 Å². The number of nitrogens with one attached hydrogen (secondary N) is 1. The maximum absolute atomic E-state index is 13.5. The SMILES string of the molecule is Cn1c(C(C)(C)C)cc(=NC(=O)c2cc(C(F)(F)F)ccc2OC[C@@H]2CCCCN2)n1C[C@H]1CCCO1. The molecule has 1 aromatic carbocycles. The van der Waals surface area contributed by atoms with Gasteiger partial charge in [0, 0.05) is 36.9 Å². The average molecular weight is 523 g/mol. The third kappa shape index (κ3) is 6.65. The summed E-state index contributed by atoms with van der Waals surface area (Å²) in [5.41, 5.74) is -0.0205. The molecule has 10 heteroatoms. The number of nitrogens with zero attached hydrogens (tertiary/aromatic N) is 3. The summed E-state index contributed by atoms with van der Waals surface area (Å²) in [7, 11) is 1.90. The lowest BCUT2D eigenvalue weighted by atomic mass is 9.92. The van der Waals surface area contributed by atoms with Crippen molar-refractivity contribution in [2.75, 3.05) is 19.8 Å². The van der Waals surface area contributed by atoms with Gasteiger partial charge in [0.25, 0.3) is 5.91 Å². The Labute approximate surface area is 215 Å². The zero-order chi connectivity index (χ0) is 26.8. The van der Waals surface area contributed by atoms with Gasteiger partial charge in [0.1, 0.15) is 12.4 Å². The Morgan fingerprint density at radius 3 is 2.57 bits per heavy atom. The van der Waals surface area contributed by atoms with Gasteiger partial charge >= 0.3 is 6.18 Å². The number of carbonyl (C=O) groups excluding carboxylic acids is 1. The summed E-state index contributed by atoms with van der Waals surface area (Å²) in [4.78, 5) is 17.8. The van der Waals surface area contributed by atoms with Gasteiger partial charge < -0.3 is 14.8 Å². The number of piperidine rings is 1. The predicted molar refractivity (Wildman–Crippen MR) is 134 cm³/mol. The summed E-state index contributed by atoms with van der Waals surface area (Å²) in [6.45, 7) is 8.50. The van der Waals surface area contributed by atoms with Crippen molar-refractivity contribution >= 4 is 5.91 Å². The smallest absolute Gasteiger partial charge is 0.416 e. The fourth-order valence-electron chi connectivity index (χ4n) is 4.98. The number of aromatic nitrogens is 2. The van der Waals surface area contributed by atoms with Gasteiger partial charge in [-0.2, -0.15) is 18.2 Å². The summed E-state index contributed by atoms with van der Waals surface area (Å²) in [5.74, 6) is -0.670. The van der Waals surface area contributed by atoms with Crippen LogP contribution in [0, 0.1) is 0 Å². The molecule has 0 saturated carbocycles. The minimum atomic E-state index is -4.59. The van der Waals surface area contributed by atoms with Crippen molar-refractivity contribution in [1.82, 2.24) is 14.7 Å². The van der Waals surface area contributed by atoms with Gasteiger partial charge in [-0.15, -0.1) is 0 Å². The van der Waals surface area contributed by atoms with Gasteiger partial charge in [0.05, 0.1) is 23.8 Å². The predicted octanol–water partition coefficient (Wildman–Crippen LogP) is 4.58. The molecule has 2 atom stereocenters. The highest BCUT2D eigenvalue weighted by molar-refractivity contribution is 5.97. The third-order valence-electron chi connectivity index (χ3n) is 7.02. The molecule has 4 rings (SSSR count). The standard InChI is InChI=1S/C27H37F3N4O3/c1-26(2,3)23-15-24(34(33(23)4)16-20-9-7-13-36-20)32-25(35)21-14-18(27(28,29)30)10-11-22(21)37-17-19-8-5-6-12-31-19/h10-11,14-15,19-20,31H,5-9,12-13,16-17H2,1-4H3/t19-,20+/m0/s1. The minimum Gasteiger partial charge on any atom is -0.491 e. The highest BCUT2D eigenvalue weighted by Crippen LogP contribution is 2.33. The number of halogens is 3. The van der Waals surface area contributed by atoms with Gasteiger partial charge in [-0.05, 0) is 50.4 Å². The Balaban J connectivity index is 1.72. The first kappa shape index (κ1) is 27.4. The molecular formula is C27H37F3N4O3. The molecule has 3 heterocycles. The van der Waals surface area contributed by atoms with E-state index in [2.05, 4.69) is 31.1 Å². The number of hydrogen-bond acceptors (Lipinski definition) is 4. The number of hydrogen-bond donors (Lipinski definition) is 1. The number of amides is 1. The highest BCUT2D eigenvalue weighted by Gasteiger charge is 2.32. The molecule has 0 aliphatic carbocycles. The van der Waals surface area contributed by atoms with Crippen LogP contribution in [-0.2, 0) is 29.9 Å². The molecule has 204 valence electrons. The van der Waals surface area contributed by atoms with E-state index >= 15 is 0 Å². The van der Waals surface area contributed by atoms with Gasteiger partial charge in [-0.25, -0.2) is 0 Å². The molecule has 1 N–H and O–H groups in total. The molecule has 2 fully saturated rings. The normalized spacial score (nSPS) is 21.4. The first-order valence-electron chi connectivity index (χ1n) is 13.0. The van der Waals surface area contributed by atoms with E-state index < -0.39 is 17.6 Å². The second-order valence-corrected chi connectivity index (χ2v) is 11.0. The van der Waals surface area contributed by atoms with Crippen molar-refractivity contribution in [2.24, 2.45) is 12.0 Å². The summed E-state index contributed by atoms with van der Waals surface area (Å²) in [6.07, 6.45) is 0.321. The summed E-state index contributed by atoms with van der Waals surface area (Å²) in [6, 6.07) is 4.92. The first-order valence-corrected chi connectivity index (χ1v) is 13.0. The largest absolute Gasteiger partial charge is 0.491 e. The van der Waals surface area contributed by atoms with Crippen LogP contribution in [0.3, 0.4) is 0 Å². The Bertz CT molecular complexity index is 1170. The van der Waals surface area contributed by atoms with E-state index in [4.69, 9.17) is 9.47 Å². The Hall–Kier alpha value is -2.59. The third-order valence-corrected chi connectivity index (χ3v) is 7.02. The fraction of sp³-hybridized carbons (Fsp3) is 0.630. The summed E-state index contributed by atoms with van der Waals surface area (Å²) in [5, 5.41) is 3.35. The number of rotatable bonds is 6. The molecule has 7 nitrogen and oxygen atoms in total. The summed E-state index contributed by atoms with van der Waals surface area (Å²) >= 11 is 0. The van der Waals surface area contributed by atoms with Gasteiger partial charge in [0.2, 0.25) is 0 Å². The second-order valence-electron chi connectivity index (χ2n) is 11.0. The lowest BCUT2D eigenvalue weighted by molar-refractivity contribution is -0.137. The molecule has 0 bridgehead atoms. The van der Waals surface area contributed by atoms with Crippen LogP contribution in [0.15, 0.2) is 29.3 Å². The molecule has 0 unspecified atom stereocenters. The molecule has 2 aliphatic heterocycles. The van der Waals surface area contributed by atoms with Crippen LogP contribution >= 0.6 is 0 Å². The van der Waals surface area contributed by atoms with E-state index in [9.17, 15) is 18.0 Å². The van der Waals surface area contributed by atoms with E-state index in [1.54, 1.807) is 0 Å². The molecule has 0 radical (unpaired) electrons. The fourth-order valence-corrected chi connectivity index (χ4v) is 4.98. The van der Waals surface area contributed by atoms with Crippen LogP contribution in [0.25, 0.3) is 0 Å². The van der Waals surface area contributed by atoms with Crippen LogP contribution in [0.1, 0.15) is 74.5 Å². The van der Waals surface area contributed by atoms with Crippen molar-refractivity contribution in [3.05, 3.63) is 46.6 Å². The average Bonchev–Trinajstić information content (AvgIpc) is 3.46.